The quantitative estimate of drug-likeness (QED) is 0.143. The summed E-state index contributed by atoms with van der Waals surface area (Å²) in [7, 11) is 17.6. The second-order valence-corrected chi connectivity index (χ2v) is 44.8. The van der Waals surface area contributed by atoms with Gasteiger partial charge in [0, 0.05) is 0 Å². The number of fused-ring (bicyclic) bond motifs is 4. The van der Waals surface area contributed by atoms with E-state index in [1.807, 2.05) is 0 Å². The van der Waals surface area contributed by atoms with Gasteiger partial charge in [0.25, 0.3) is 0 Å². The second kappa shape index (κ2) is 12.5. The molecular weight excluding hydrogens is 699 g/mol. The number of rotatable bonds is 7. The Morgan fingerprint density at radius 1 is 0.480 bits per heavy atom. The van der Waals surface area contributed by atoms with Gasteiger partial charge in [-0.3, -0.25) is 0 Å². The molecule has 251 valence electrons. The minimum absolute atomic E-state index is 0.0336. The summed E-state index contributed by atoms with van der Waals surface area (Å²) in [5.74, 6) is 0.630. The van der Waals surface area contributed by atoms with Crippen molar-refractivity contribution >= 4 is 59.0 Å². The molecule has 6 aromatic carbocycles. The van der Waals surface area contributed by atoms with Crippen molar-refractivity contribution in [3.05, 3.63) is 155 Å². The maximum absolute atomic E-state index is 8.80. The summed E-state index contributed by atoms with van der Waals surface area (Å²) in [4.78, 5) is 0. The standard InChI is InChI=1S/2C22H19.C2H7Si.2ClH.Ti/c2*1-15(2)18-13-17-9-6-12-21(22(17)14-18)20-11-5-8-16-7-3-4-10-19(16)20;1-3-2;;;/h2*3-15H,1-2H3;3H,1-2H3;2*1H;/q;;;;;+2/p-2. The fraction of sp³-hybridized carbons (Fsp3) is 0.217. The van der Waals surface area contributed by atoms with Crippen LogP contribution in [0.2, 0.25) is 13.1 Å². The molecule has 0 saturated carbocycles. The van der Waals surface area contributed by atoms with Crippen LogP contribution >= 0.6 is 18.6 Å². The van der Waals surface area contributed by atoms with Crippen LogP contribution in [0.15, 0.2) is 132 Å². The van der Waals surface area contributed by atoms with Crippen LogP contribution in [0.25, 0.3) is 56.0 Å². The van der Waals surface area contributed by atoms with Crippen molar-refractivity contribution in [3.8, 4) is 22.3 Å². The van der Waals surface area contributed by atoms with Crippen LogP contribution < -0.4 is 0 Å². The van der Waals surface area contributed by atoms with Gasteiger partial charge < -0.3 is 0 Å². The van der Waals surface area contributed by atoms with Gasteiger partial charge >= 0.3 is 309 Å². The Morgan fingerprint density at radius 3 is 1.24 bits per heavy atom. The molecule has 6 aromatic rings. The third-order valence-electron chi connectivity index (χ3n) is 11.9. The zero-order valence-electron chi connectivity index (χ0n) is 29.8. The van der Waals surface area contributed by atoms with Crippen LogP contribution in [-0.4, -0.2) is 6.66 Å². The summed E-state index contributed by atoms with van der Waals surface area (Å²) in [6.45, 7) is 12.5. The van der Waals surface area contributed by atoms with Gasteiger partial charge in [-0.1, -0.05) is 0 Å². The Kier molecular flexibility index (Phi) is 8.49. The van der Waals surface area contributed by atoms with Crippen LogP contribution in [0.4, 0.5) is 0 Å². The van der Waals surface area contributed by atoms with Crippen molar-refractivity contribution in [2.75, 3.05) is 0 Å². The molecule has 0 bridgehead atoms. The fourth-order valence-corrected chi connectivity index (χ4v) is 30.4. The van der Waals surface area contributed by atoms with Crippen LogP contribution in [0, 0.1) is 11.8 Å². The number of benzene rings is 6. The molecule has 2 aliphatic rings. The summed E-state index contributed by atoms with van der Waals surface area (Å²) in [6.07, 6.45) is 4.99. The van der Waals surface area contributed by atoms with Crippen molar-refractivity contribution in [2.24, 2.45) is 11.8 Å². The molecule has 0 saturated heterocycles. The SMILES string of the molecule is CC(C)C1=Cc2c(-c3cccc4ccccc34)cccc2[CH]1[Ti]([Cl])([Cl])([CH]1C(C(C)C)=Cc2c(-c3cccc4ccccc34)cccc21)[SiH](C)C. The molecule has 2 atom stereocenters. The van der Waals surface area contributed by atoms with Crippen molar-refractivity contribution < 1.29 is 12.4 Å². The van der Waals surface area contributed by atoms with Crippen molar-refractivity contribution in [2.45, 2.75) is 49.2 Å². The zero-order chi connectivity index (χ0) is 35.0. The van der Waals surface area contributed by atoms with E-state index in [0.29, 0.717) is 11.8 Å². The molecule has 0 aliphatic heterocycles. The van der Waals surface area contributed by atoms with Gasteiger partial charge in [0.2, 0.25) is 0 Å². The second-order valence-electron chi connectivity index (χ2n) is 15.5. The number of allylic oxidation sites excluding steroid dienone is 2. The number of halogens is 2. The molecule has 0 radical (unpaired) electrons. The van der Waals surface area contributed by atoms with Gasteiger partial charge in [-0.2, -0.15) is 0 Å². The summed E-state index contributed by atoms with van der Waals surface area (Å²) in [5, 5.41) is 5.07. The molecule has 2 aliphatic carbocycles. The van der Waals surface area contributed by atoms with Crippen molar-refractivity contribution in [1.82, 2.24) is 0 Å². The van der Waals surface area contributed by atoms with Gasteiger partial charge in [-0.15, -0.1) is 0 Å². The van der Waals surface area contributed by atoms with E-state index in [0.717, 1.165) is 0 Å². The molecule has 8 rings (SSSR count). The Morgan fingerprint density at radius 2 is 0.840 bits per heavy atom. The minimum atomic E-state index is -4.66. The monoisotopic (exact) mass is 743 g/mol. The molecule has 0 heterocycles. The molecule has 4 heteroatoms. The normalized spacial score (nSPS) is 18.0. The summed E-state index contributed by atoms with van der Waals surface area (Å²) >= 11 is -4.66. The van der Waals surface area contributed by atoms with E-state index in [2.05, 4.69) is 174 Å². The van der Waals surface area contributed by atoms with Gasteiger partial charge in [0.1, 0.15) is 0 Å². The van der Waals surface area contributed by atoms with E-state index in [4.69, 9.17) is 18.6 Å². The Labute approximate surface area is 307 Å². The van der Waals surface area contributed by atoms with Gasteiger partial charge in [-0.05, 0) is 0 Å². The maximum atomic E-state index is 8.80. The predicted molar refractivity (Wildman–Crippen MR) is 220 cm³/mol. The Bertz CT molecular complexity index is 2210. The van der Waals surface area contributed by atoms with E-state index in [1.54, 1.807) is 0 Å². The molecule has 50 heavy (non-hydrogen) atoms. The van der Waals surface area contributed by atoms with Crippen molar-refractivity contribution in [1.29, 1.82) is 0 Å². The van der Waals surface area contributed by atoms with E-state index >= 15 is 0 Å². The first-order valence-electron chi connectivity index (χ1n) is 18.2. The zero-order valence-corrected chi connectivity index (χ0v) is 34.1. The Balaban J connectivity index is 1.38. The molecule has 0 N–H and O–H groups in total. The molecule has 0 nitrogen and oxygen atoms in total. The third kappa shape index (κ3) is 5.03. The first kappa shape index (κ1) is 33.9. The van der Waals surface area contributed by atoms with Crippen LogP contribution in [0.5, 0.6) is 0 Å². The van der Waals surface area contributed by atoms with Gasteiger partial charge in [0.05, 0.1) is 0 Å². The Hall–Kier alpha value is -3.17. The predicted octanol–water partition coefficient (Wildman–Crippen LogP) is 14.2. The van der Waals surface area contributed by atoms with Crippen LogP contribution in [0.1, 0.15) is 58.4 Å². The number of hydrogen-bond donors (Lipinski definition) is 0. The van der Waals surface area contributed by atoms with Gasteiger partial charge in [-0.25, -0.2) is 0 Å². The van der Waals surface area contributed by atoms with Crippen LogP contribution in [0.3, 0.4) is 0 Å². The number of hydrogen-bond acceptors (Lipinski definition) is 0. The fourth-order valence-electron chi connectivity index (χ4n) is 9.31. The first-order chi connectivity index (χ1) is 24.0. The average molecular weight is 745 g/mol. The van der Waals surface area contributed by atoms with E-state index < -0.39 is 19.1 Å². The van der Waals surface area contributed by atoms with E-state index in [9.17, 15) is 0 Å². The molecule has 0 spiro atoms. The van der Waals surface area contributed by atoms with Crippen LogP contribution in [-0.2, 0) is 12.4 Å². The molecule has 2 unspecified atom stereocenters. The summed E-state index contributed by atoms with van der Waals surface area (Å²) in [6, 6.07) is 44.6. The van der Waals surface area contributed by atoms with Crippen molar-refractivity contribution in [3.63, 3.8) is 0 Å². The first-order valence-corrected chi connectivity index (χ1v) is 29.9. The average Bonchev–Trinajstić information content (AvgIpc) is 3.73. The summed E-state index contributed by atoms with van der Waals surface area (Å²) in [5.41, 5.74) is 13.2. The van der Waals surface area contributed by atoms with E-state index in [1.165, 1.54) is 77.2 Å². The van der Waals surface area contributed by atoms with E-state index in [-0.39, 0.29) is 8.45 Å². The molecule has 0 fully saturated rings. The third-order valence-corrected chi connectivity index (χ3v) is 47.0. The molecule has 0 amide bonds. The topological polar surface area (TPSA) is 0 Å². The molecule has 0 aromatic heterocycles. The summed E-state index contributed by atoms with van der Waals surface area (Å²) < 4.78 is 0.0671. The molecular formula is C46H45Cl2SiTi. The van der Waals surface area contributed by atoms with Gasteiger partial charge in [0.15, 0.2) is 0 Å².